The van der Waals surface area contributed by atoms with Crippen LogP contribution in [0.25, 0.3) is 0 Å². The maximum absolute atomic E-state index is 12.8. The number of sulfonamides is 1. The van der Waals surface area contributed by atoms with Gasteiger partial charge in [0.15, 0.2) is 0 Å². The lowest BCUT2D eigenvalue weighted by Gasteiger charge is -2.27. The number of carbonyl (C=O) groups is 1. The molecule has 2 aliphatic rings. The van der Waals surface area contributed by atoms with Crippen molar-refractivity contribution in [3.63, 3.8) is 0 Å². The number of hydrogen-bond acceptors (Lipinski definition) is 5. The Labute approximate surface area is 135 Å². The van der Waals surface area contributed by atoms with E-state index in [1.54, 1.807) is 18.2 Å². The van der Waals surface area contributed by atoms with E-state index in [4.69, 9.17) is 9.47 Å². The maximum atomic E-state index is 12.8. The molecule has 126 valence electrons. The highest BCUT2D eigenvalue weighted by Gasteiger charge is 2.30. The Morgan fingerprint density at radius 2 is 1.91 bits per heavy atom. The second-order valence-electron chi connectivity index (χ2n) is 5.50. The van der Waals surface area contributed by atoms with E-state index in [-0.39, 0.29) is 10.8 Å². The number of amides is 1. The minimum atomic E-state index is -3.66. The molecular weight excluding hydrogens is 320 g/mol. The van der Waals surface area contributed by atoms with Crippen molar-refractivity contribution in [2.24, 2.45) is 0 Å². The van der Waals surface area contributed by atoms with Crippen molar-refractivity contribution < 1.29 is 22.7 Å². The summed E-state index contributed by atoms with van der Waals surface area (Å²) >= 11 is 0. The number of para-hydroxylation sites is 1. The summed E-state index contributed by atoms with van der Waals surface area (Å²) in [4.78, 5) is 12.3. The summed E-state index contributed by atoms with van der Waals surface area (Å²) in [7, 11) is -3.66. The highest BCUT2D eigenvalue weighted by molar-refractivity contribution is 7.89. The molecule has 2 heterocycles. The van der Waals surface area contributed by atoms with Crippen LogP contribution in [0.15, 0.2) is 29.2 Å². The van der Waals surface area contributed by atoms with Gasteiger partial charge in [0.2, 0.25) is 10.0 Å². The van der Waals surface area contributed by atoms with Crippen LogP contribution in [-0.4, -0.2) is 57.6 Å². The Balaban J connectivity index is 1.83. The number of nitrogens with zero attached hydrogens (tertiary/aromatic N) is 1. The Morgan fingerprint density at radius 1 is 1.17 bits per heavy atom. The van der Waals surface area contributed by atoms with Crippen molar-refractivity contribution in [2.75, 3.05) is 38.2 Å². The summed E-state index contributed by atoms with van der Waals surface area (Å²) in [5.41, 5.74) is 0.291. The third-order valence-corrected chi connectivity index (χ3v) is 5.91. The van der Waals surface area contributed by atoms with E-state index >= 15 is 0 Å². The lowest BCUT2D eigenvalue weighted by molar-refractivity contribution is -0.124. The number of benzene rings is 1. The third kappa shape index (κ3) is 3.55. The number of rotatable bonds is 4. The van der Waals surface area contributed by atoms with Crippen molar-refractivity contribution >= 4 is 21.6 Å². The van der Waals surface area contributed by atoms with E-state index in [0.717, 1.165) is 6.42 Å². The van der Waals surface area contributed by atoms with Crippen molar-refractivity contribution in [2.45, 2.75) is 23.8 Å². The largest absolute Gasteiger partial charge is 0.379 e. The normalized spacial score (nSPS) is 22.9. The number of ether oxygens (including phenoxy) is 2. The Hall–Kier alpha value is -1.48. The van der Waals surface area contributed by atoms with E-state index in [2.05, 4.69) is 5.32 Å². The van der Waals surface area contributed by atoms with Crippen LogP contribution in [0.3, 0.4) is 0 Å². The molecule has 1 aromatic rings. The van der Waals surface area contributed by atoms with E-state index in [1.807, 2.05) is 0 Å². The van der Waals surface area contributed by atoms with Crippen LogP contribution >= 0.6 is 0 Å². The SMILES string of the molecule is O=C(Nc1ccccc1S(=O)(=O)N1CCOCC1)[C@H]1CCCO1. The van der Waals surface area contributed by atoms with E-state index in [9.17, 15) is 13.2 Å². The van der Waals surface area contributed by atoms with Crippen molar-refractivity contribution in [3.8, 4) is 0 Å². The molecule has 2 aliphatic heterocycles. The quantitative estimate of drug-likeness (QED) is 0.877. The summed E-state index contributed by atoms with van der Waals surface area (Å²) in [6.07, 6.45) is 0.991. The van der Waals surface area contributed by atoms with Gasteiger partial charge in [0, 0.05) is 19.7 Å². The predicted molar refractivity (Wildman–Crippen MR) is 83.6 cm³/mol. The first-order valence-corrected chi connectivity index (χ1v) is 9.12. The molecule has 0 unspecified atom stereocenters. The second-order valence-corrected chi connectivity index (χ2v) is 7.41. The first-order chi connectivity index (χ1) is 11.1. The van der Waals surface area contributed by atoms with Crippen LogP contribution in [0.1, 0.15) is 12.8 Å². The lowest BCUT2D eigenvalue weighted by atomic mass is 10.2. The van der Waals surface area contributed by atoms with Crippen LogP contribution in [-0.2, 0) is 24.3 Å². The number of nitrogens with one attached hydrogen (secondary N) is 1. The predicted octanol–water partition coefficient (Wildman–Crippen LogP) is 0.825. The molecule has 1 N–H and O–H groups in total. The Bertz CT molecular complexity index is 664. The molecule has 8 heteroatoms. The molecule has 2 saturated heterocycles. The third-order valence-electron chi connectivity index (χ3n) is 3.95. The summed E-state index contributed by atoms with van der Waals surface area (Å²) < 4.78 is 37.5. The van der Waals surface area contributed by atoms with Gasteiger partial charge in [-0.1, -0.05) is 12.1 Å². The van der Waals surface area contributed by atoms with Gasteiger partial charge in [-0.15, -0.1) is 0 Å². The summed E-state index contributed by atoms with van der Waals surface area (Å²) in [5, 5.41) is 2.70. The molecule has 1 atom stereocenters. The van der Waals surface area contributed by atoms with Crippen LogP contribution in [0.2, 0.25) is 0 Å². The second kappa shape index (κ2) is 6.96. The van der Waals surface area contributed by atoms with E-state index in [1.165, 1.54) is 10.4 Å². The highest BCUT2D eigenvalue weighted by atomic mass is 32.2. The van der Waals surface area contributed by atoms with E-state index in [0.29, 0.717) is 45.0 Å². The zero-order chi connectivity index (χ0) is 16.3. The number of carbonyl (C=O) groups excluding carboxylic acids is 1. The van der Waals surface area contributed by atoms with Gasteiger partial charge >= 0.3 is 0 Å². The molecule has 0 aliphatic carbocycles. The van der Waals surface area contributed by atoms with Crippen molar-refractivity contribution in [1.29, 1.82) is 0 Å². The lowest BCUT2D eigenvalue weighted by Crippen LogP contribution is -2.41. The Morgan fingerprint density at radius 3 is 2.61 bits per heavy atom. The summed E-state index contributed by atoms with van der Waals surface area (Å²) in [5.74, 6) is -0.299. The minimum Gasteiger partial charge on any atom is -0.379 e. The van der Waals surface area contributed by atoms with Gasteiger partial charge in [-0.2, -0.15) is 4.31 Å². The number of hydrogen-bond donors (Lipinski definition) is 1. The molecule has 0 aromatic heterocycles. The van der Waals surface area contributed by atoms with E-state index < -0.39 is 16.1 Å². The van der Waals surface area contributed by atoms with Gasteiger partial charge in [-0.3, -0.25) is 4.79 Å². The average molecular weight is 340 g/mol. The first-order valence-electron chi connectivity index (χ1n) is 7.68. The molecule has 0 spiro atoms. The fourth-order valence-electron chi connectivity index (χ4n) is 2.72. The fraction of sp³-hybridized carbons (Fsp3) is 0.533. The highest BCUT2D eigenvalue weighted by Crippen LogP contribution is 2.26. The molecule has 23 heavy (non-hydrogen) atoms. The number of morpholine rings is 1. The molecule has 7 nitrogen and oxygen atoms in total. The van der Waals surface area contributed by atoms with Gasteiger partial charge in [-0.25, -0.2) is 8.42 Å². The van der Waals surface area contributed by atoms with Crippen LogP contribution in [0.4, 0.5) is 5.69 Å². The van der Waals surface area contributed by atoms with Gasteiger partial charge in [0.1, 0.15) is 11.0 Å². The molecule has 1 amide bonds. The molecule has 0 saturated carbocycles. The maximum Gasteiger partial charge on any atom is 0.253 e. The van der Waals surface area contributed by atoms with Crippen LogP contribution < -0.4 is 5.32 Å². The zero-order valence-electron chi connectivity index (χ0n) is 12.7. The smallest absolute Gasteiger partial charge is 0.253 e. The first kappa shape index (κ1) is 16.4. The molecule has 1 aromatic carbocycles. The van der Waals surface area contributed by atoms with Gasteiger partial charge in [-0.05, 0) is 25.0 Å². The average Bonchev–Trinajstić information content (AvgIpc) is 3.11. The summed E-state index contributed by atoms with van der Waals surface area (Å²) in [6.45, 7) is 1.95. The topological polar surface area (TPSA) is 84.9 Å². The monoisotopic (exact) mass is 340 g/mol. The van der Waals surface area contributed by atoms with Crippen molar-refractivity contribution in [1.82, 2.24) is 4.31 Å². The zero-order valence-corrected chi connectivity index (χ0v) is 13.5. The van der Waals surface area contributed by atoms with Crippen LogP contribution in [0, 0.1) is 0 Å². The molecule has 0 radical (unpaired) electrons. The minimum absolute atomic E-state index is 0.105. The summed E-state index contributed by atoms with van der Waals surface area (Å²) in [6, 6.07) is 6.45. The van der Waals surface area contributed by atoms with Gasteiger partial charge in [0.25, 0.3) is 5.91 Å². The van der Waals surface area contributed by atoms with Gasteiger partial charge < -0.3 is 14.8 Å². The van der Waals surface area contributed by atoms with Gasteiger partial charge in [0.05, 0.1) is 18.9 Å². The molecule has 2 fully saturated rings. The fourth-order valence-corrected chi connectivity index (χ4v) is 4.27. The molecule has 3 rings (SSSR count). The molecule has 0 bridgehead atoms. The Kier molecular flexibility index (Phi) is 4.96. The molecular formula is C15H20N2O5S. The van der Waals surface area contributed by atoms with Crippen LogP contribution in [0.5, 0.6) is 0 Å². The standard InChI is InChI=1S/C15H20N2O5S/c18-15(13-5-3-9-22-13)16-12-4-1-2-6-14(12)23(19,20)17-7-10-21-11-8-17/h1-2,4,6,13H,3,5,7-11H2,(H,16,18)/t13-/m1/s1. The number of anilines is 1. The van der Waals surface area contributed by atoms with Crippen molar-refractivity contribution in [3.05, 3.63) is 24.3 Å².